The fourth-order valence-electron chi connectivity index (χ4n) is 3.62. The summed E-state index contributed by atoms with van der Waals surface area (Å²) < 4.78 is 5.87. The van der Waals surface area contributed by atoms with Gasteiger partial charge in [0, 0.05) is 45.2 Å². The highest BCUT2D eigenvalue weighted by molar-refractivity contribution is 7.80. The third-order valence-corrected chi connectivity index (χ3v) is 5.39. The molecule has 1 atom stereocenters. The Morgan fingerprint density at radius 1 is 1.11 bits per heavy atom. The van der Waals surface area contributed by atoms with Crippen LogP contribution in [0.15, 0.2) is 42.5 Å². The first kappa shape index (κ1) is 20.6. The van der Waals surface area contributed by atoms with Crippen LogP contribution in [-0.4, -0.2) is 43.4 Å². The molecule has 28 heavy (non-hydrogen) atoms. The lowest BCUT2D eigenvalue weighted by molar-refractivity contribution is 0.0905. The van der Waals surface area contributed by atoms with Gasteiger partial charge in [-0.05, 0) is 79.9 Å². The molecule has 0 radical (unpaired) electrons. The molecule has 1 aliphatic rings. The van der Waals surface area contributed by atoms with Crippen molar-refractivity contribution in [1.82, 2.24) is 4.90 Å². The van der Waals surface area contributed by atoms with Gasteiger partial charge in [-0.3, -0.25) is 0 Å². The van der Waals surface area contributed by atoms with Crippen molar-refractivity contribution in [2.24, 2.45) is 0 Å². The molecule has 0 saturated carbocycles. The van der Waals surface area contributed by atoms with E-state index in [-0.39, 0.29) is 6.10 Å². The minimum absolute atomic E-state index is 0.250. The maximum absolute atomic E-state index is 5.87. The third-order valence-electron chi connectivity index (χ3n) is 5.03. The summed E-state index contributed by atoms with van der Waals surface area (Å²) in [7, 11) is 4.11. The molecule has 0 unspecified atom stereocenters. The smallest absolute Gasteiger partial charge is 0.173 e. The first-order valence-corrected chi connectivity index (χ1v) is 10.3. The fourth-order valence-corrected chi connectivity index (χ4v) is 3.88. The van der Waals surface area contributed by atoms with E-state index in [4.69, 9.17) is 17.0 Å². The van der Waals surface area contributed by atoms with Crippen LogP contribution in [0.25, 0.3) is 0 Å². The maximum atomic E-state index is 5.87. The van der Waals surface area contributed by atoms with Crippen LogP contribution in [0, 0.1) is 13.8 Å². The van der Waals surface area contributed by atoms with Crippen LogP contribution >= 0.6 is 12.2 Å². The van der Waals surface area contributed by atoms with Gasteiger partial charge in [-0.25, -0.2) is 0 Å². The first-order chi connectivity index (χ1) is 13.4. The van der Waals surface area contributed by atoms with E-state index in [1.165, 1.54) is 22.4 Å². The van der Waals surface area contributed by atoms with Gasteiger partial charge >= 0.3 is 0 Å². The lowest BCUT2D eigenvalue weighted by atomic mass is 10.1. The molecule has 1 aliphatic heterocycles. The molecule has 1 N–H and O–H groups in total. The van der Waals surface area contributed by atoms with Gasteiger partial charge in [-0.1, -0.05) is 18.2 Å². The van der Waals surface area contributed by atoms with Crippen molar-refractivity contribution in [2.75, 3.05) is 37.5 Å². The second kappa shape index (κ2) is 9.39. The Bertz CT molecular complexity index is 778. The summed E-state index contributed by atoms with van der Waals surface area (Å²) in [6, 6.07) is 15.1. The van der Waals surface area contributed by atoms with Crippen molar-refractivity contribution in [1.29, 1.82) is 0 Å². The number of nitrogens with zero attached hydrogens (tertiary/aromatic N) is 2. The molecule has 0 aromatic heterocycles. The van der Waals surface area contributed by atoms with Crippen LogP contribution in [0.4, 0.5) is 11.4 Å². The van der Waals surface area contributed by atoms with Crippen LogP contribution < -0.4 is 10.2 Å². The predicted molar refractivity (Wildman–Crippen MR) is 122 cm³/mol. The van der Waals surface area contributed by atoms with Crippen molar-refractivity contribution in [3.05, 3.63) is 59.2 Å². The zero-order valence-corrected chi connectivity index (χ0v) is 18.2. The molecule has 1 saturated heterocycles. The monoisotopic (exact) mass is 397 g/mol. The lowest BCUT2D eigenvalue weighted by Crippen LogP contribution is -2.39. The predicted octanol–water partition coefficient (Wildman–Crippen LogP) is 4.75. The summed E-state index contributed by atoms with van der Waals surface area (Å²) in [5, 5.41) is 4.19. The van der Waals surface area contributed by atoms with Crippen LogP contribution in [0.2, 0.25) is 0 Å². The molecule has 2 aromatic rings. The van der Waals surface area contributed by atoms with Crippen molar-refractivity contribution in [2.45, 2.75) is 39.3 Å². The summed E-state index contributed by atoms with van der Waals surface area (Å²) in [6.07, 6.45) is 2.48. The first-order valence-electron chi connectivity index (χ1n) is 9.93. The van der Waals surface area contributed by atoms with Crippen LogP contribution in [0.1, 0.15) is 29.5 Å². The van der Waals surface area contributed by atoms with Crippen LogP contribution in [0.3, 0.4) is 0 Å². The molecular formula is C23H31N3OS. The Hall–Kier alpha value is -2.11. The number of rotatable bonds is 6. The largest absolute Gasteiger partial charge is 0.378 e. The Balaban J connectivity index is 1.74. The Labute approximate surface area is 174 Å². The molecule has 0 amide bonds. The second-order valence-electron chi connectivity index (χ2n) is 7.88. The van der Waals surface area contributed by atoms with E-state index in [0.717, 1.165) is 43.3 Å². The number of ether oxygens (including phenoxy) is 1. The highest BCUT2D eigenvalue weighted by atomic mass is 32.1. The van der Waals surface area contributed by atoms with E-state index in [1.807, 2.05) is 0 Å². The second-order valence-corrected chi connectivity index (χ2v) is 8.27. The van der Waals surface area contributed by atoms with E-state index in [1.54, 1.807) is 0 Å². The van der Waals surface area contributed by atoms with E-state index in [0.29, 0.717) is 0 Å². The number of aryl methyl sites for hydroxylation is 2. The molecular weight excluding hydrogens is 366 g/mol. The van der Waals surface area contributed by atoms with Crippen molar-refractivity contribution in [3.63, 3.8) is 0 Å². The third kappa shape index (κ3) is 5.69. The number of benzene rings is 2. The highest BCUT2D eigenvalue weighted by Crippen LogP contribution is 2.19. The molecule has 0 bridgehead atoms. The van der Waals surface area contributed by atoms with Crippen molar-refractivity contribution >= 4 is 28.7 Å². The Morgan fingerprint density at radius 2 is 1.79 bits per heavy atom. The standard InChI is InChI=1S/C23H31N3OS/c1-17-12-18(2)14-20(13-17)24-23(28)26(16-22-6-5-11-27-22)15-19-7-9-21(10-8-19)25(3)4/h7-10,12-14,22H,5-6,11,15-16H2,1-4H3,(H,24,28)/t22-/m0/s1. The van der Waals surface area contributed by atoms with E-state index in [9.17, 15) is 0 Å². The summed E-state index contributed by atoms with van der Waals surface area (Å²) in [5.74, 6) is 0. The molecule has 150 valence electrons. The van der Waals surface area contributed by atoms with Gasteiger partial charge in [0.2, 0.25) is 0 Å². The fraction of sp³-hybridized carbons (Fsp3) is 0.435. The summed E-state index contributed by atoms with van der Waals surface area (Å²) in [5.41, 5.74) is 5.95. The van der Waals surface area contributed by atoms with Gasteiger partial charge in [-0.15, -0.1) is 0 Å². The number of nitrogens with one attached hydrogen (secondary N) is 1. The maximum Gasteiger partial charge on any atom is 0.173 e. The average molecular weight is 398 g/mol. The zero-order chi connectivity index (χ0) is 20.1. The minimum atomic E-state index is 0.250. The molecule has 1 heterocycles. The van der Waals surface area contributed by atoms with E-state index in [2.05, 4.69) is 85.5 Å². The number of anilines is 2. The van der Waals surface area contributed by atoms with Crippen LogP contribution in [0.5, 0.6) is 0 Å². The number of hydrogen-bond acceptors (Lipinski definition) is 3. The molecule has 4 nitrogen and oxygen atoms in total. The number of thiocarbonyl (C=S) groups is 1. The quantitative estimate of drug-likeness (QED) is 0.710. The lowest BCUT2D eigenvalue weighted by Gasteiger charge is -2.28. The van der Waals surface area contributed by atoms with Gasteiger partial charge in [0.1, 0.15) is 0 Å². The summed E-state index contributed by atoms with van der Waals surface area (Å²) >= 11 is 5.80. The van der Waals surface area contributed by atoms with Gasteiger partial charge < -0.3 is 19.9 Å². The van der Waals surface area contributed by atoms with E-state index < -0.39 is 0 Å². The molecule has 1 fully saturated rings. The van der Waals surface area contributed by atoms with Crippen molar-refractivity contribution in [3.8, 4) is 0 Å². The highest BCUT2D eigenvalue weighted by Gasteiger charge is 2.21. The molecule has 2 aromatic carbocycles. The topological polar surface area (TPSA) is 27.7 Å². The summed E-state index contributed by atoms with van der Waals surface area (Å²) in [6.45, 7) is 6.65. The molecule has 0 spiro atoms. The van der Waals surface area contributed by atoms with Crippen LogP contribution in [-0.2, 0) is 11.3 Å². The van der Waals surface area contributed by atoms with Gasteiger partial charge in [-0.2, -0.15) is 0 Å². The van der Waals surface area contributed by atoms with Gasteiger partial charge in [0.25, 0.3) is 0 Å². The van der Waals surface area contributed by atoms with Crippen molar-refractivity contribution < 1.29 is 4.74 Å². The average Bonchev–Trinajstić information content (AvgIpc) is 3.14. The minimum Gasteiger partial charge on any atom is -0.378 e. The van der Waals surface area contributed by atoms with Gasteiger partial charge in [0.05, 0.1) is 6.10 Å². The normalized spacial score (nSPS) is 16.1. The Morgan fingerprint density at radius 3 is 2.36 bits per heavy atom. The SMILES string of the molecule is Cc1cc(C)cc(NC(=S)N(Cc2ccc(N(C)C)cc2)C[C@@H]2CCCO2)c1. The summed E-state index contributed by atoms with van der Waals surface area (Å²) in [4.78, 5) is 4.34. The Kier molecular flexibility index (Phi) is 6.92. The van der Waals surface area contributed by atoms with E-state index >= 15 is 0 Å². The number of hydrogen-bond donors (Lipinski definition) is 1. The molecule has 0 aliphatic carbocycles. The van der Waals surface area contributed by atoms with Gasteiger partial charge in [0.15, 0.2) is 5.11 Å². The molecule has 3 rings (SSSR count). The molecule has 5 heteroatoms. The zero-order valence-electron chi connectivity index (χ0n) is 17.4.